The van der Waals surface area contributed by atoms with Crippen molar-refractivity contribution in [1.29, 1.82) is 0 Å². The molecule has 0 aliphatic rings. The van der Waals surface area contributed by atoms with Gasteiger partial charge < -0.3 is 5.73 Å². The molecule has 0 saturated heterocycles. The fourth-order valence-corrected chi connectivity index (χ4v) is 2.46. The highest BCUT2D eigenvalue weighted by atomic mass is 32.1. The molecule has 0 fully saturated rings. The summed E-state index contributed by atoms with van der Waals surface area (Å²) in [6.07, 6.45) is 1.83. The van der Waals surface area contributed by atoms with Crippen molar-refractivity contribution in [3.8, 4) is 16.9 Å². The SMILES string of the molecule is Cc1c(-c2csc(N)n2)cnn1-c1ccccc1. The second kappa shape index (κ2) is 4.27. The predicted molar refractivity (Wildman–Crippen MR) is 73.8 cm³/mol. The van der Waals surface area contributed by atoms with Gasteiger partial charge in [-0.15, -0.1) is 11.3 Å². The lowest BCUT2D eigenvalue weighted by molar-refractivity contribution is 0.847. The summed E-state index contributed by atoms with van der Waals surface area (Å²) in [6, 6.07) is 10.0. The van der Waals surface area contributed by atoms with Gasteiger partial charge in [0.1, 0.15) is 0 Å². The first-order chi connectivity index (χ1) is 8.75. The normalized spacial score (nSPS) is 10.7. The third-order valence-corrected chi connectivity index (χ3v) is 3.48. The highest BCUT2D eigenvalue weighted by Gasteiger charge is 2.12. The number of nitrogen functional groups attached to an aromatic ring is 1. The van der Waals surface area contributed by atoms with Gasteiger partial charge in [-0.25, -0.2) is 9.67 Å². The molecule has 0 bridgehead atoms. The van der Waals surface area contributed by atoms with Crippen LogP contribution in [-0.4, -0.2) is 14.8 Å². The average Bonchev–Trinajstić information content (AvgIpc) is 2.97. The lowest BCUT2D eigenvalue weighted by atomic mass is 10.2. The minimum Gasteiger partial charge on any atom is -0.375 e. The van der Waals surface area contributed by atoms with Crippen LogP contribution < -0.4 is 5.73 Å². The predicted octanol–water partition coefficient (Wildman–Crippen LogP) is 2.89. The minimum atomic E-state index is 0.580. The molecule has 4 nitrogen and oxygen atoms in total. The number of para-hydroxylation sites is 1. The van der Waals surface area contributed by atoms with Crippen LogP contribution in [0.15, 0.2) is 41.9 Å². The van der Waals surface area contributed by atoms with Crippen LogP contribution in [0.2, 0.25) is 0 Å². The fraction of sp³-hybridized carbons (Fsp3) is 0.0769. The summed E-state index contributed by atoms with van der Waals surface area (Å²) in [6.45, 7) is 2.03. The molecule has 18 heavy (non-hydrogen) atoms. The lowest BCUT2D eigenvalue weighted by Gasteiger charge is -2.04. The molecule has 90 valence electrons. The Kier molecular flexibility index (Phi) is 2.60. The maximum Gasteiger partial charge on any atom is 0.180 e. The summed E-state index contributed by atoms with van der Waals surface area (Å²) < 4.78 is 1.91. The van der Waals surface area contributed by atoms with Crippen molar-refractivity contribution in [3.05, 3.63) is 47.6 Å². The van der Waals surface area contributed by atoms with Crippen molar-refractivity contribution in [2.24, 2.45) is 0 Å². The Morgan fingerprint density at radius 3 is 2.67 bits per heavy atom. The van der Waals surface area contributed by atoms with Crippen molar-refractivity contribution in [3.63, 3.8) is 0 Å². The number of benzene rings is 1. The molecule has 3 rings (SSSR count). The second-order valence-corrected chi connectivity index (χ2v) is 4.85. The lowest BCUT2D eigenvalue weighted by Crippen LogP contribution is -1.98. The van der Waals surface area contributed by atoms with Gasteiger partial charge in [-0.1, -0.05) is 18.2 Å². The highest BCUT2D eigenvalue weighted by Crippen LogP contribution is 2.27. The summed E-state index contributed by atoms with van der Waals surface area (Å²) in [7, 11) is 0. The largest absolute Gasteiger partial charge is 0.375 e. The van der Waals surface area contributed by atoms with Gasteiger partial charge in [-0.2, -0.15) is 5.10 Å². The van der Waals surface area contributed by atoms with E-state index in [0.717, 1.165) is 22.6 Å². The smallest absolute Gasteiger partial charge is 0.180 e. The van der Waals surface area contributed by atoms with Gasteiger partial charge in [-0.3, -0.25) is 0 Å². The van der Waals surface area contributed by atoms with E-state index < -0.39 is 0 Å². The number of rotatable bonds is 2. The maximum atomic E-state index is 5.66. The van der Waals surface area contributed by atoms with Gasteiger partial charge in [-0.05, 0) is 19.1 Å². The molecular weight excluding hydrogens is 244 g/mol. The Balaban J connectivity index is 2.08. The Bertz CT molecular complexity index is 669. The number of anilines is 1. The zero-order valence-electron chi connectivity index (χ0n) is 9.87. The summed E-state index contributed by atoms with van der Waals surface area (Å²) in [5.74, 6) is 0. The van der Waals surface area contributed by atoms with Crippen LogP contribution in [0.4, 0.5) is 5.13 Å². The fourth-order valence-electron chi connectivity index (χ4n) is 1.90. The van der Waals surface area contributed by atoms with Crippen LogP contribution in [0.3, 0.4) is 0 Å². The topological polar surface area (TPSA) is 56.7 Å². The molecule has 0 radical (unpaired) electrons. The van der Waals surface area contributed by atoms with E-state index >= 15 is 0 Å². The standard InChI is InChI=1S/C13H12N4S/c1-9-11(12-8-18-13(14)16-12)7-15-17(9)10-5-3-2-4-6-10/h2-8H,1H3,(H2,14,16). The summed E-state index contributed by atoms with van der Waals surface area (Å²) in [5, 5.41) is 6.95. The number of hydrogen-bond acceptors (Lipinski definition) is 4. The summed E-state index contributed by atoms with van der Waals surface area (Å²) >= 11 is 1.44. The third kappa shape index (κ3) is 1.78. The molecular formula is C13H12N4S. The Labute approximate surface area is 109 Å². The van der Waals surface area contributed by atoms with Crippen LogP contribution in [0.25, 0.3) is 16.9 Å². The van der Waals surface area contributed by atoms with Crippen LogP contribution in [-0.2, 0) is 0 Å². The molecule has 0 saturated carbocycles. The van der Waals surface area contributed by atoms with Gasteiger partial charge in [0.25, 0.3) is 0 Å². The molecule has 2 aromatic heterocycles. The summed E-state index contributed by atoms with van der Waals surface area (Å²) in [5.41, 5.74) is 9.68. The number of hydrogen-bond donors (Lipinski definition) is 1. The monoisotopic (exact) mass is 256 g/mol. The van der Waals surface area contributed by atoms with Gasteiger partial charge in [0.05, 0.1) is 23.3 Å². The molecule has 0 spiro atoms. The van der Waals surface area contributed by atoms with E-state index in [4.69, 9.17) is 5.73 Å². The molecule has 0 amide bonds. The maximum absolute atomic E-state index is 5.66. The van der Waals surface area contributed by atoms with Gasteiger partial charge in [0.15, 0.2) is 5.13 Å². The Morgan fingerprint density at radius 1 is 1.22 bits per heavy atom. The highest BCUT2D eigenvalue weighted by molar-refractivity contribution is 7.13. The van der Waals surface area contributed by atoms with E-state index in [2.05, 4.69) is 10.1 Å². The summed E-state index contributed by atoms with van der Waals surface area (Å²) in [4.78, 5) is 4.29. The van der Waals surface area contributed by atoms with Crippen molar-refractivity contribution in [1.82, 2.24) is 14.8 Å². The molecule has 0 aliphatic heterocycles. The van der Waals surface area contributed by atoms with Crippen molar-refractivity contribution in [2.75, 3.05) is 5.73 Å². The van der Waals surface area contributed by atoms with Crippen LogP contribution >= 0.6 is 11.3 Å². The molecule has 2 heterocycles. The number of nitrogens with zero attached hydrogens (tertiary/aromatic N) is 3. The molecule has 2 N–H and O–H groups in total. The third-order valence-electron chi connectivity index (χ3n) is 2.81. The van der Waals surface area contributed by atoms with Crippen LogP contribution in [0.1, 0.15) is 5.69 Å². The van der Waals surface area contributed by atoms with Crippen molar-refractivity contribution in [2.45, 2.75) is 6.92 Å². The Morgan fingerprint density at radius 2 is 2.00 bits per heavy atom. The molecule has 5 heteroatoms. The minimum absolute atomic E-state index is 0.580. The average molecular weight is 256 g/mol. The number of nitrogens with two attached hydrogens (primary N) is 1. The quantitative estimate of drug-likeness (QED) is 0.767. The van der Waals surface area contributed by atoms with E-state index in [1.807, 2.05) is 53.5 Å². The molecule has 0 aliphatic carbocycles. The molecule has 1 aromatic carbocycles. The van der Waals surface area contributed by atoms with Crippen molar-refractivity contribution < 1.29 is 0 Å². The van der Waals surface area contributed by atoms with E-state index in [0.29, 0.717) is 5.13 Å². The first-order valence-corrected chi connectivity index (χ1v) is 6.45. The van der Waals surface area contributed by atoms with Gasteiger partial charge >= 0.3 is 0 Å². The van der Waals surface area contributed by atoms with E-state index in [1.54, 1.807) is 0 Å². The zero-order valence-corrected chi connectivity index (χ0v) is 10.7. The first kappa shape index (κ1) is 11.0. The van der Waals surface area contributed by atoms with Gasteiger partial charge in [0.2, 0.25) is 0 Å². The molecule has 0 atom stereocenters. The Hall–Kier alpha value is -2.14. The van der Waals surface area contributed by atoms with Crippen molar-refractivity contribution >= 4 is 16.5 Å². The first-order valence-electron chi connectivity index (χ1n) is 5.57. The van der Waals surface area contributed by atoms with Gasteiger partial charge in [0, 0.05) is 10.9 Å². The van der Waals surface area contributed by atoms with Crippen LogP contribution in [0, 0.1) is 6.92 Å². The van der Waals surface area contributed by atoms with E-state index in [1.165, 1.54) is 11.3 Å². The molecule has 3 aromatic rings. The number of aromatic nitrogens is 3. The van der Waals surface area contributed by atoms with E-state index in [-0.39, 0.29) is 0 Å². The number of thiazole rings is 1. The van der Waals surface area contributed by atoms with E-state index in [9.17, 15) is 0 Å². The molecule has 0 unspecified atom stereocenters. The zero-order chi connectivity index (χ0) is 12.5. The van der Waals surface area contributed by atoms with Crippen LogP contribution in [0.5, 0.6) is 0 Å². The second-order valence-electron chi connectivity index (χ2n) is 3.96.